The third-order valence-electron chi connectivity index (χ3n) is 3.59. The number of carbonyl (C=O) groups is 1. The number of hydrogen-bond donors (Lipinski definition) is 2. The monoisotopic (exact) mass is 391 g/mol. The molecule has 3 aromatic rings. The van der Waals surface area contributed by atoms with Crippen molar-refractivity contribution in [3.8, 4) is 5.95 Å². The van der Waals surface area contributed by atoms with Crippen LogP contribution < -0.4 is 11.2 Å². The van der Waals surface area contributed by atoms with Gasteiger partial charge in [-0.3, -0.25) is 4.79 Å². The van der Waals surface area contributed by atoms with Gasteiger partial charge in [0.15, 0.2) is 0 Å². The second kappa shape index (κ2) is 7.38. The van der Waals surface area contributed by atoms with E-state index in [2.05, 4.69) is 20.6 Å². The van der Waals surface area contributed by atoms with Gasteiger partial charge in [0.05, 0.1) is 10.9 Å². The number of aryl methyl sites for hydroxylation is 2. The van der Waals surface area contributed by atoms with Crippen LogP contribution in [0.2, 0.25) is 5.02 Å². The van der Waals surface area contributed by atoms with Crippen LogP contribution in [-0.2, 0) is 4.79 Å². The van der Waals surface area contributed by atoms with E-state index < -0.39 is 5.25 Å². The van der Waals surface area contributed by atoms with Crippen LogP contribution in [0, 0.1) is 13.8 Å². The summed E-state index contributed by atoms with van der Waals surface area (Å²) in [6.45, 7) is 5.56. The molecule has 0 saturated heterocycles. The summed E-state index contributed by atoms with van der Waals surface area (Å²) < 4.78 is 2.94. The summed E-state index contributed by atoms with van der Waals surface area (Å²) in [5.74, 6) is 6.30. The minimum atomic E-state index is -0.436. The molecule has 0 spiro atoms. The maximum Gasteiger partial charge on any atom is 0.271 e. The highest BCUT2D eigenvalue weighted by atomic mass is 35.5. The first-order valence-electron chi connectivity index (χ1n) is 7.82. The number of amides is 1. The molecular weight excluding hydrogens is 374 g/mol. The fourth-order valence-electron chi connectivity index (χ4n) is 2.35. The summed E-state index contributed by atoms with van der Waals surface area (Å²) in [7, 11) is 0. The minimum absolute atomic E-state index is 0.187. The summed E-state index contributed by atoms with van der Waals surface area (Å²) in [6.07, 6.45) is 0. The lowest BCUT2D eigenvalue weighted by Gasteiger charge is -2.11. The number of nitrogens with zero attached hydrogens (tertiary/aromatic N) is 5. The molecule has 2 aromatic heterocycles. The van der Waals surface area contributed by atoms with Gasteiger partial charge < -0.3 is 11.2 Å². The predicted octanol–water partition coefficient (Wildman–Crippen LogP) is 2.57. The lowest BCUT2D eigenvalue weighted by molar-refractivity contribution is -0.115. The summed E-state index contributed by atoms with van der Waals surface area (Å²) in [5, 5.41) is 15.9. The zero-order valence-corrected chi connectivity index (χ0v) is 16.0. The normalized spacial score (nSPS) is 12.2. The molecule has 0 unspecified atom stereocenters. The molecule has 3 N–H and O–H groups in total. The van der Waals surface area contributed by atoms with Crippen LogP contribution in [0.15, 0.2) is 35.5 Å². The van der Waals surface area contributed by atoms with E-state index in [1.54, 1.807) is 35.9 Å². The van der Waals surface area contributed by atoms with Gasteiger partial charge in [0.25, 0.3) is 5.95 Å². The number of nitrogens with two attached hydrogens (primary N) is 1. The lowest BCUT2D eigenvalue weighted by atomic mass is 10.3. The van der Waals surface area contributed by atoms with Crippen LogP contribution in [0.3, 0.4) is 0 Å². The van der Waals surface area contributed by atoms with Gasteiger partial charge >= 0.3 is 0 Å². The van der Waals surface area contributed by atoms with Gasteiger partial charge in [0.2, 0.25) is 11.1 Å². The molecule has 0 saturated carbocycles. The van der Waals surface area contributed by atoms with E-state index in [-0.39, 0.29) is 5.91 Å². The second-order valence-corrected chi connectivity index (χ2v) is 7.50. The molecular formula is C16H18ClN7OS. The number of hydrogen-bond acceptors (Lipinski definition) is 6. The van der Waals surface area contributed by atoms with Crippen LogP contribution in [0.5, 0.6) is 0 Å². The van der Waals surface area contributed by atoms with Crippen molar-refractivity contribution in [3.05, 3.63) is 46.7 Å². The third kappa shape index (κ3) is 3.83. The number of thioether (sulfide) groups is 1. The Hall–Kier alpha value is -2.52. The van der Waals surface area contributed by atoms with Crippen molar-refractivity contribution in [1.29, 1.82) is 0 Å². The number of benzene rings is 1. The predicted molar refractivity (Wildman–Crippen MR) is 102 cm³/mol. The quantitative estimate of drug-likeness (QED) is 0.511. The van der Waals surface area contributed by atoms with Crippen LogP contribution in [0.4, 0.5) is 5.69 Å². The van der Waals surface area contributed by atoms with Crippen molar-refractivity contribution in [2.45, 2.75) is 31.2 Å². The first-order valence-corrected chi connectivity index (χ1v) is 9.08. The summed E-state index contributed by atoms with van der Waals surface area (Å²) in [5.41, 5.74) is 2.38. The Labute approximate surface area is 159 Å². The summed E-state index contributed by atoms with van der Waals surface area (Å²) >= 11 is 7.14. The molecule has 2 heterocycles. The fraction of sp³-hybridized carbons (Fsp3) is 0.250. The van der Waals surface area contributed by atoms with E-state index in [0.29, 0.717) is 21.8 Å². The number of aromatic nitrogens is 5. The molecule has 0 aliphatic heterocycles. The highest BCUT2D eigenvalue weighted by Crippen LogP contribution is 2.24. The zero-order chi connectivity index (χ0) is 18.8. The zero-order valence-electron chi connectivity index (χ0n) is 14.5. The van der Waals surface area contributed by atoms with E-state index in [1.807, 2.05) is 19.9 Å². The highest BCUT2D eigenvalue weighted by molar-refractivity contribution is 8.00. The minimum Gasteiger partial charge on any atom is -0.334 e. The average molecular weight is 392 g/mol. The largest absolute Gasteiger partial charge is 0.334 e. The van der Waals surface area contributed by atoms with Gasteiger partial charge in [-0.15, -0.1) is 10.2 Å². The molecule has 1 atom stereocenters. The molecule has 0 radical (unpaired) electrons. The van der Waals surface area contributed by atoms with E-state index in [4.69, 9.17) is 17.4 Å². The van der Waals surface area contributed by atoms with Gasteiger partial charge in [-0.1, -0.05) is 29.4 Å². The fourth-order valence-corrected chi connectivity index (χ4v) is 3.30. The SMILES string of the molecule is Cc1cc(C)n(-c2nnc(S[C@@H](C)C(=O)Nc3cccc(Cl)c3)n2N)n1. The van der Waals surface area contributed by atoms with Crippen molar-refractivity contribution in [3.63, 3.8) is 0 Å². The Kier molecular flexibility index (Phi) is 5.19. The summed E-state index contributed by atoms with van der Waals surface area (Å²) in [6, 6.07) is 8.89. The van der Waals surface area contributed by atoms with Gasteiger partial charge in [-0.05, 0) is 45.0 Å². The number of nitrogens with one attached hydrogen (secondary N) is 1. The molecule has 26 heavy (non-hydrogen) atoms. The van der Waals surface area contributed by atoms with E-state index in [0.717, 1.165) is 11.4 Å². The van der Waals surface area contributed by atoms with Crippen molar-refractivity contribution >= 4 is 35.0 Å². The standard InChI is InChI=1S/C16H18ClN7OS/c1-9-7-10(2)24(22-9)15-20-21-16(23(15)18)26-11(3)14(25)19-13-6-4-5-12(17)8-13/h4-8,11H,18H2,1-3H3,(H,19,25)/t11-/m0/s1. The van der Waals surface area contributed by atoms with Crippen LogP contribution in [0.1, 0.15) is 18.3 Å². The second-order valence-electron chi connectivity index (χ2n) is 5.75. The lowest BCUT2D eigenvalue weighted by Crippen LogP contribution is -2.24. The van der Waals surface area contributed by atoms with Crippen molar-refractivity contribution in [1.82, 2.24) is 24.7 Å². The van der Waals surface area contributed by atoms with Gasteiger partial charge in [0.1, 0.15) is 0 Å². The van der Waals surface area contributed by atoms with Crippen molar-refractivity contribution in [2.24, 2.45) is 0 Å². The molecule has 136 valence electrons. The molecule has 8 nitrogen and oxygen atoms in total. The van der Waals surface area contributed by atoms with E-state index in [9.17, 15) is 4.79 Å². The van der Waals surface area contributed by atoms with Crippen LogP contribution in [-0.4, -0.2) is 35.8 Å². The molecule has 0 bridgehead atoms. The van der Waals surface area contributed by atoms with Gasteiger partial charge in [-0.25, -0.2) is 9.36 Å². The first kappa shape index (κ1) is 18.3. The molecule has 0 aliphatic carbocycles. The number of anilines is 1. The Bertz CT molecular complexity index is 952. The topological polar surface area (TPSA) is 104 Å². The number of nitrogen functional groups attached to an aromatic ring is 1. The number of rotatable bonds is 5. The average Bonchev–Trinajstić information content (AvgIpc) is 3.09. The molecule has 10 heteroatoms. The Morgan fingerprint density at radius 3 is 2.73 bits per heavy atom. The molecule has 1 amide bonds. The Morgan fingerprint density at radius 1 is 1.31 bits per heavy atom. The third-order valence-corrected chi connectivity index (χ3v) is 4.88. The molecule has 3 rings (SSSR count). The maximum atomic E-state index is 12.4. The van der Waals surface area contributed by atoms with Crippen LogP contribution >= 0.6 is 23.4 Å². The smallest absolute Gasteiger partial charge is 0.271 e. The Balaban J connectivity index is 1.72. The number of halogens is 1. The number of carbonyl (C=O) groups excluding carboxylic acids is 1. The van der Waals surface area contributed by atoms with Crippen LogP contribution in [0.25, 0.3) is 5.95 Å². The first-order chi connectivity index (χ1) is 12.3. The van der Waals surface area contributed by atoms with E-state index in [1.165, 1.54) is 16.4 Å². The Morgan fingerprint density at radius 2 is 2.08 bits per heavy atom. The van der Waals surface area contributed by atoms with Gasteiger partial charge in [0, 0.05) is 16.4 Å². The molecule has 0 fully saturated rings. The molecule has 0 aliphatic rings. The van der Waals surface area contributed by atoms with E-state index >= 15 is 0 Å². The summed E-state index contributed by atoms with van der Waals surface area (Å²) in [4.78, 5) is 12.4. The maximum absolute atomic E-state index is 12.4. The van der Waals surface area contributed by atoms with Crippen molar-refractivity contribution < 1.29 is 4.79 Å². The van der Waals surface area contributed by atoms with Crippen molar-refractivity contribution in [2.75, 3.05) is 11.2 Å². The van der Waals surface area contributed by atoms with Gasteiger partial charge in [-0.2, -0.15) is 5.10 Å². The highest BCUT2D eigenvalue weighted by Gasteiger charge is 2.21. The molecule has 1 aromatic carbocycles.